The fourth-order valence-corrected chi connectivity index (χ4v) is 1.87. The van der Waals surface area contributed by atoms with Gasteiger partial charge in [0.1, 0.15) is 5.75 Å². The Morgan fingerprint density at radius 3 is 2.33 bits per heavy atom. The smallest absolute Gasteiger partial charge is 0.335 e. The summed E-state index contributed by atoms with van der Waals surface area (Å²) in [4.78, 5) is 22.8. The number of amides is 1. The van der Waals surface area contributed by atoms with Gasteiger partial charge in [0, 0.05) is 10.6 Å². The Morgan fingerprint density at radius 2 is 1.76 bits per heavy atom. The maximum atomic E-state index is 12.1. The molecule has 0 saturated heterocycles. The minimum absolute atomic E-state index is 0.0622. The molecule has 21 heavy (non-hydrogen) atoms. The van der Waals surface area contributed by atoms with Crippen LogP contribution in [0.25, 0.3) is 0 Å². The van der Waals surface area contributed by atoms with Crippen molar-refractivity contribution in [2.75, 3.05) is 5.32 Å². The van der Waals surface area contributed by atoms with Gasteiger partial charge in [-0.05, 0) is 48.9 Å². The highest BCUT2D eigenvalue weighted by atomic mass is 35.5. The minimum Gasteiger partial charge on any atom is -0.506 e. The summed E-state index contributed by atoms with van der Waals surface area (Å²) in [7, 11) is 0. The van der Waals surface area contributed by atoms with Crippen molar-refractivity contribution >= 4 is 29.2 Å². The van der Waals surface area contributed by atoms with Gasteiger partial charge >= 0.3 is 5.97 Å². The van der Waals surface area contributed by atoms with E-state index in [1.807, 2.05) is 0 Å². The fourth-order valence-electron chi connectivity index (χ4n) is 1.75. The number of anilines is 1. The lowest BCUT2D eigenvalue weighted by Gasteiger charge is -2.09. The number of phenolic OH excluding ortho intramolecular Hbond substituents is 1. The molecule has 0 atom stereocenters. The molecule has 6 heteroatoms. The fraction of sp³-hybridized carbons (Fsp3) is 0.0667. The van der Waals surface area contributed by atoms with E-state index in [2.05, 4.69) is 5.32 Å². The Morgan fingerprint density at radius 1 is 1.10 bits per heavy atom. The van der Waals surface area contributed by atoms with E-state index in [4.69, 9.17) is 16.7 Å². The van der Waals surface area contributed by atoms with Crippen LogP contribution in [0, 0.1) is 6.92 Å². The van der Waals surface area contributed by atoms with E-state index in [0.29, 0.717) is 10.6 Å². The Bertz CT molecular complexity index is 728. The van der Waals surface area contributed by atoms with E-state index in [-0.39, 0.29) is 17.0 Å². The van der Waals surface area contributed by atoms with E-state index < -0.39 is 11.9 Å². The van der Waals surface area contributed by atoms with Crippen LogP contribution in [0.5, 0.6) is 5.75 Å². The summed E-state index contributed by atoms with van der Waals surface area (Å²) in [5, 5.41) is 21.6. The number of aromatic carboxylic acids is 1. The first-order valence-electron chi connectivity index (χ1n) is 6.02. The van der Waals surface area contributed by atoms with Crippen LogP contribution in [-0.2, 0) is 0 Å². The molecule has 0 saturated carbocycles. The van der Waals surface area contributed by atoms with Gasteiger partial charge in [-0.3, -0.25) is 4.79 Å². The molecule has 0 spiro atoms. The van der Waals surface area contributed by atoms with Crippen molar-refractivity contribution in [3.8, 4) is 5.75 Å². The Labute approximate surface area is 125 Å². The van der Waals surface area contributed by atoms with Crippen LogP contribution < -0.4 is 5.32 Å². The predicted octanol–water partition coefficient (Wildman–Crippen LogP) is 3.30. The first-order chi connectivity index (χ1) is 9.88. The molecule has 0 heterocycles. The van der Waals surface area contributed by atoms with Crippen LogP contribution in [0.15, 0.2) is 36.4 Å². The standard InChI is InChI=1S/C15H12ClNO4/c1-8-6-9(2-4-11(8)16)14(19)17-12-5-3-10(15(20)21)7-13(12)18/h2-7,18H,1H3,(H,17,19)(H,20,21). The summed E-state index contributed by atoms with van der Waals surface area (Å²) in [5.41, 5.74) is 1.22. The maximum Gasteiger partial charge on any atom is 0.335 e. The number of halogens is 1. The summed E-state index contributed by atoms with van der Waals surface area (Å²) < 4.78 is 0. The van der Waals surface area contributed by atoms with Crippen molar-refractivity contribution in [2.45, 2.75) is 6.92 Å². The third kappa shape index (κ3) is 3.32. The van der Waals surface area contributed by atoms with Gasteiger partial charge in [0.15, 0.2) is 0 Å². The number of carbonyl (C=O) groups is 2. The molecule has 0 fully saturated rings. The van der Waals surface area contributed by atoms with Crippen molar-refractivity contribution in [3.63, 3.8) is 0 Å². The SMILES string of the molecule is Cc1cc(C(=O)Nc2ccc(C(=O)O)cc2O)ccc1Cl. The molecule has 2 aromatic carbocycles. The number of aromatic hydroxyl groups is 1. The van der Waals surface area contributed by atoms with Gasteiger partial charge in [-0.1, -0.05) is 11.6 Å². The summed E-state index contributed by atoms with van der Waals surface area (Å²) in [6.07, 6.45) is 0. The van der Waals surface area contributed by atoms with Gasteiger partial charge in [0.25, 0.3) is 5.91 Å². The van der Waals surface area contributed by atoms with E-state index in [9.17, 15) is 14.7 Å². The lowest BCUT2D eigenvalue weighted by atomic mass is 10.1. The van der Waals surface area contributed by atoms with Gasteiger partial charge in [-0.15, -0.1) is 0 Å². The molecule has 0 bridgehead atoms. The van der Waals surface area contributed by atoms with Crippen LogP contribution in [0.1, 0.15) is 26.3 Å². The largest absolute Gasteiger partial charge is 0.506 e. The van der Waals surface area contributed by atoms with E-state index >= 15 is 0 Å². The van der Waals surface area contributed by atoms with Crippen LogP contribution in [0.3, 0.4) is 0 Å². The van der Waals surface area contributed by atoms with Crippen LogP contribution in [-0.4, -0.2) is 22.1 Å². The first-order valence-corrected chi connectivity index (χ1v) is 6.40. The molecular formula is C15H12ClNO4. The van der Waals surface area contributed by atoms with Gasteiger partial charge in [0.05, 0.1) is 11.3 Å². The molecule has 0 aliphatic rings. The van der Waals surface area contributed by atoms with E-state index in [1.165, 1.54) is 12.1 Å². The molecule has 108 valence electrons. The number of benzene rings is 2. The molecule has 3 N–H and O–H groups in total. The molecule has 2 aromatic rings. The number of nitrogens with one attached hydrogen (secondary N) is 1. The van der Waals surface area contributed by atoms with Crippen molar-refractivity contribution in [2.24, 2.45) is 0 Å². The minimum atomic E-state index is -1.16. The quantitative estimate of drug-likeness (QED) is 0.759. The third-order valence-corrected chi connectivity index (χ3v) is 3.34. The normalized spacial score (nSPS) is 10.2. The Hall–Kier alpha value is -2.53. The first kappa shape index (κ1) is 14.9. The summed E-state index contributed by atoms with van der Waals surface area (Å²) in [6, 6.07) is 8.50. The second-order valence-corrected chi connectivity index (χ2v) is 4.86. The second kappa shape index (κ2) is 5.85. The number of hydrogen-bond acceptors (Lipinski definition) is 3. The molecule has 0 aliphatic heterocycles. The number of hydrogen-bond donors (Lipinski definition) is 3. The summed E-state index contributed by atoms with van der Waals surface area (Å²) >= 11 is 5.89. The summed E-state index contributed by atoms with van der Waals surface area (Å²) in [6.45, 7) is 1.78. The van der Waals surface area contributed by atoms with Gasteiger partial charge in [0.2, 0.25) is 0 Å². The zero-order valence-corrected chi connectivity index (χ0v) is 11.8. The molecule has 0 unspecified atom stereocenters. The van der Waals surface area contributed by atoms with Gasteiger partial charge < -0.3 is 15.5 Å². The molecule has 0 aliphatic carbocycles. The van der Waals surface area contributed by atoms with Crippen molar-refractivity contribution < 1.29 is 19.8 Å². The van der Waals surface area contributed by atoms with Crippen molar-refractivity contribution in [1.82, 2.24) is 0 Å². The number of phenols is 1. The lowest BCUT2D eigenvalue weighted by molar-refractivity contribution is 0.0696. The molecule has 0 radical (unpaired) electrons. The highest BCUT2D eigenvalue weighted by Crippen LogP contribution is 2.25. The Balaban J connectivity index is 2.23. The van der Waals surface area contributed by atoms with E-state index in [1.54, 1.807) is 25.1 Å². The number of carboxylic acid groups (broad SMARTS) is 1. The van der Waals surface area contributed by atoms with Crippen LogP contribution in [0.4, 0.5) is 5.69 Å². The number of carbonyl (C=O) groups excluding carboxylic acids is 1. The zero-order valence-electron chi connectivity index (χ0n) is 11.1. The van der Waals surface area contributed by atoms with Crippen molar-refractivity contribution in [3.05, 3.63) is 58.1 Å². The molecular weight excluding hydrogens is 294 g/mol. The Kier molecular flexibility index (Phi) is 4.14. The monoisotopic (exact) mass is 305 g/mol. The maximum absolute atomic E-state index is 12.1. The van der Waals surface area contributed by atoms with Gasteiger partial charge in [-0.25, -0.2) is 4.79 Å². The third-order valence-electron chi connectivity index (χ3n) is 2.91. The lowest BCUT2D eigenvalue weighted by Crippen LogP contribution is -2.12. The van der Waals surface area contributed by atoms with Crippen LogP contribution in [0.2, 0.25) is 5.02 Å². The summed E-state index contributed by atoms with van der Waals surface area (Å²) in [5.74, 6) is -1.89. The van der Waals surface area contributed by atoms with E-state index in [0.717, 1.165) is 11.6 Å². The number of aryl methyl sites for hydroxylation is 1. The average molecular weight is 306 g/mol. The van der Waals surface area contributed by atoms with Gasteiger partial charge in [-0.2, -0.15) is 0 Å². The van der Waals surface area contributed by atoms with Crippen molar-refractivity contribution in [1.29, 1.82) is 0 Å². The highest BCUT2D eigenvalue weighted by molar-refractivity contribution is 6.31. The zero-order chi connectivity index (χ0) is 15.6. The molecule has 0 aromatic heterocycles. The second-order valence-electron chi connectivity index (χ2n) is 4.46. The molecule has 2 rings (SSSR count). The average Bonchev–Trinajstić information content (AvgIpc) is 2.43. The number of carboxylic acids is 1. The predicted molar refractivity (Wildman–Crippen MR) is 79.2 cm³/mol. The molecule has 1 amide bonds. The molecule has 5 nitrogen and oxygen atoms in total. The topological polar surface area (TPSA) is 86.6 Å². The number of rotatable bonds is 3. The highest BCUT2D eigenvalue weighted by Gasteiger charge is 2.12. The van der Waals surface area contributed by atoms with Crippen LogP contribution >= 0.6 is 11.6 Å².